The van der Waals surface area contributed by atoms with E-state index in [0.29, 0.717) is 5.92 Å². The molecule has 0 bridgehead atoms. The molecular weight excluding hydrogens is 260 g/mol. The van der Waals surface area contributed by atoms with Crippen molar-refractivity contribution < 1.29 is 0 Å². The van der Waals surface area contributed by atoms with Gasteiger partial charge in [-0.2, -0.15) is 0 Å². The zero-order chi connectivity index (χ0) is 14.7. The zero-order valence-corrected chi connectivity index (χ0v) is 12.7. The minimum Gasteiger partial charge on any atom is -0.373 e. The van der Waals surface area contributed by atoms with Crippen LogP contribution in [-0.4, -0.2) is 23.6 Å². The zero-order valence-electron chi connectivity index (χ0n) is 12.7. The highest BCUT2D eigenvalue weighted by Gasteiger charge is 2.27. The molecule has 0 radical (unpaired) electrons. The SMILES string of the molecule is CCN(Cc1ccccc1)c1cc(NC)nc(C2CC2)n1. The first-order valence-corrected chi connectivity index (χ1v) is 7.65. The summed E-state index contributed by atoms with van der Waals surface area (Å²) in [6, 6.07) is 12.6. The number of anilines is 2. The second-order valence-corrected chi connectivity index (χ2v) is 5.49. The van der Waals surface area contributed by atoms with E-state index in [0.717, 1.165) is 30.5 Å². The lowest BCUT2D eigenvalue weighted by Crippen LogP contribution is -2.24. The van der Waals surface area contributed by atoms with Gasteiger partial charge in [0.15, 0.2) is 0 Å². The Morgan fingerprint density at radius 1 is 1.19 bits per heavy atom. The van der Waals surface area contributed by atoms with E-state index in [1.165, 1.54) is 18.4 Å². The molecule has 1 heterocycles. The van der Waals surface area contributed by atoms with E-state index >= 15 is 0 Å². The maximum Gasteiger partial charge on any atom is 0.136 e. The van der Waals surface area contributed by atoms with Gasteiger partial charge in [0.25, 0.3) is 0 Å². The molecule has 2 aromatic rings. The number of hydrogen-bond acceptors (Lipinski definition) is 4. The van der Waals surface area contributed by atoms with Crippen molar-refractivity contribution in [1.29, 1.82) is 0 Å². The second kappa shape index (κ2) is 6.12. The Bertz CT molecular complexity index is 593. The average Bonchev–Trinajstić information content (AvgIpc) is 3.38. The lowest BCUT2D eigenvalue weighted by Gasteiger charge is -2.23. The Kier molecular flexibility index (Phi) is 4.04. The first-order chi connectivity index (χ1) is 10.3. The number of aromatic nitrogens is 2. The molecule has 3 rings (SSSR count). The Morgan fingerprint density at radius 2 is 1.95 bits per heavy atom. The Balaban J connectivity index is 1.87. The largest absolute Gasteiger partial charge is 0.373 e. The summed E-state index contributed by atoms with van der Waals surface area (Å²) in [5.41, 5.74) is 1.30. The van der Waals surface area contributed by atoms with E-state index in [-0.39, 0.29) is 0 Å². The topological polar surface area (TPSA) is 41.0 Å². The molecule has 1 aromatic carbocycles. The van der Waals surface area contributed by atoms with Gasteiger partial charge in [0.05, 0.1) is 0 Å². The molecular formula is C17H22N4. The molecule has 1 aliphatic rings. The summed E-state index contributed by atoms with van der Waals surface area (Å²) in [5, 5.41) is 3.16. The predicted octanol–water partition coefficient (Wildman–Crippen LogP) is 3.42. The van der Waals surface area contributed by atoms with Crippen LogP contribution in [0.25, 0.3) is 0 Å². The minimum absolute atomic E-state index is 0.562. The number of nitrogens with one attached hydrogen (secondary N) is 1. The predicted molar refractivity (Wildman–Crippen MR) is 86.7 cm³/mol. The van der Waals surface area contributed by atoms with Crippen LogP contribution in [0.3, 0.4) is 0 Å². The van der Waals surface area contributed by atoms with Crippen molar-refractivity contribution in [3.63, 3.8) is 0 Å². The maximum atomic E-state index is 4.79. The number of rotatable bonds is 6. The van der Waals surface area contributed by atoms with Gasteiger partial charge in [0.2, 0.25) is 0 Å². The van der Waals surface area contributed by atoms with Crippen LogP contribution < -0.4 is 10.2 Å². The number of hydrogen-bond donors (Lipinski definition) is 1. The highest BCUT2D eigenvalue weighted by Crippen LogP contribution is 2.39. The third-order valence-corrected chi connectivity index (χ3v) is 3.85. The summed E-state index contributed by atoms with van der Waals surface area (Å²) >= 11 is 0. The molecule has 0 aliphatic heterocycles. The lowest BCUT2D eigenvalue weighted by atomic mass is 10.2. The van der Waals surface area contributed by atoms with Crippen molar-refractivity contribution in [2.24, 2.45) is 0 Å². The Hall–Kier alpha value is -2.10. The van der Waals surface area contributed by atoms with Crippen molar-refractivity contribution in [3.05, 3.63) is 47.8 Å². The van der Waals surface area contributed by atoms with Gasteiger partial charge >= 0.3 is 0 Å². The standard InChI is InChI=1S/C17H22N4/c1-3-21(12-13-7-5-4-6-8-13)16-11-15(18-2)19-17(20-16)14-9-10-14/h4-8,11,14H,3,9-10,12H2,1-2H3,(H,18,19,20). The third kappa shape index (κ3) is 3.32. The molecule has 1 saturated carbocycles. The molecule has 0 unspecified atom stereocenters. The molecule has 0 atom stereocenters. The highest BCUT2D eigenvalue weighted by atomic mass is 15.2. The number of nitrogens with zero attached hydrogens (tertiary/aromatic N) is 3. The van der Waals surface area contributed by atoms with Crippen LogP contribution in [0.15, 0.2) is 36.4 Å². The minimum atomic E-state index is 0.562. The molecule has 1 aliphatic carbocycles. The molecule has 1 N–H and O–H groups in total. The summed E-state index contributed by atoms with van der Waals surface area (Å²) in [6.07, 6.45) is 2.44. The van der Waals surface area contributed by atoms with Crippen LogP contribution >= 0.6 is 0 Å². The van der Waals surface area contributed by atoms with Gasteiger partial charge in [0, 0.05) is 32.1 Å². The quantitative estimate of drug-likeness (QED) is 0.881. The van der Waals surface area contributed by atoms with E-state index in [2.05, 4.69) is 52.5 Å². The van der Waals surface area contributed by atoms with Crippen molar-refractivity contribution in [3.8, 4) is 0 Å². The van der Waals surface area contributed by atoms with Crippen molar-refractivity contribution in [1.82, 2.24) is 9.97 Å². The molecule has 1 fully saturated rings. The van der Waals surface area contributed by atoms with E-state index in [1.54, 1.807) is 0 Å². The summed E-state index contributed by atoms with van der Waals surface area (Å²) in [5.74, 6) is 3.48. The highest BCUT2D eigenvalue weighted by molar-refractivity contribution is 5.50. The van der Waals surface area contributed by atoms with Gasteiger partial charge in [-0.25, -0.2) is 9.97 Å². The fraction of sp³-hybridized carbons (Fsp3) is 0.412. The fourth-order valence-electron chi connectivity index (χ4n) is 2.43. The van der Waals surface area contributed by atoms with E-state index in [9.17, 15) is 0 Å². The summed E-state index contributed by atoms with van der Waals surface area (Å²) in [4.78, 5) is 11.7. The van der Waals surface area contributed by atoms with Crippen LogP contribution in [0.5, 0.6) is 0 Å². The van der Waals surface area contributed by atoms with Gasteiger partial charge in [-0.3, -0.25) is 0 Å². The first kappa shape index (κ1) is 13.9. The molecule has 1 aromatic heterocycles. The van der Waals surface area contributed by atoms with E-state index in [1.807, 2.05) is 13.1 Å². The third-order valence-electron chi connectivity index (χ3n) is 3.85. The molecule has 110 valence electrons. The summed E-state index contributed by atoms with van der Waals surface area (Å²) < 4.78 is 0. The van der Waals surface area contributed by atoms with Crippen LogP contribution in [0, 0.1) is 0 Å². The maximum absolute atomic E-state index is 4.79. The monoisotopic (exact) mass is 282 g/mol. The van der Waals surface area contributed by atoms with Crippen LogP contribution in [-0.2, 0) is 6.54 Å². The summed E-state index contributed by atoms with van der Waals surface area (Å²) in [7, 11) is 1.91. The smallest absolute Gasteiger partial charge is 0.136 e. The van der Waals surface area contributed by atoms with E-state index < -0.39 is 0 Å². The fourth-order valence-corrected chi connectivity index (χ4v) is 2.43. The van der Waals surface area contributed by atoms with E-state index in [4.69, 9.17) is 4.98 Å². The Morgan fingerprint density at radius 3 is 2.57 bits per heavy atom. The van der Waals surface area contributed by atoms with Crippen LogP contribution in [0.4, 0.5) is 11.6 Å². The van der Waals surface area contributed by atoms with Crippen molar-refractivity contribution in [2.75, 3.05) is 23.8 Å². The molecule has 21 heavy (non-hydrogen) atoms. The van der Waals surface area contributed by atoms with Gasteiger partial charge in [-0.05, 0) is 25.3 Å². The molecule has 0 saturated heterocycles. The van der Waals surface area contributed by atoms with Crippen molar-refractivity contribution in [2.45, 2.75) is 32.2 Å². The Labute approximate surface area is 126 Å². The van der Waals surface area contributed by atoms with Crippen LogP contribution in [0.2, 0.25) is 0 Å². The van der Waals surface area contributed by atoms with Crippen molar-refractivity contribution >= 4 is 11.6 Å². The second-order valence-electron chi connectivity index (χ2n) is 5.49. The first-order valence-electron chi connectivity index (χ1n) is 7.65. The molecule has 4 nitrogen and oxygen atoms in total. The van der Waals surface area contributed by atoms with Gasteiger partial charge < -0.3 is 10.2 Å². The normalized spacial score (nSPS) is 14.0. The van der Waals surface area contributed by atoms with Gasteiger partial charge in [-0.15, -0.1) is 0 Å². The molecule has 0 spiro atoms. The van der Waals surface area contributed by atoms with Crippen LogP contribution in [0.1, 0.15) is 37.1 Å². The lowest BCUT2D eigenvalue weighted by molar-refractivity contribution is 0.795. The van der Waals surface area contributed by atoms with Gasteiger partial charge in [-0.1, -0.05) is 30.3 Å². The molecule has 4 heteroatoms. The number of benzene rings is 1. The average molecular weight is 282 g/mol. The van der Waals surface area contributed by atoms with Gasteiger partial charge in [0.1, 0.15) is 17.5 Å². The summed E-state index contributed by atoms with van der Waals surface area (Å²) in [6.45, 7) is 3.97. The molecule has 0 amide bonds.